The molecule has 2 rings (SSSR count). The molecule has 0 aromatic heterocycles. The van der Waals surface area contributed by atoms with Crippen LogP contribution in [0.2, 0.25) is 0 Å². The Morgan fingerprint density at radius 1 is 1.10 bits per heavy atom. The first-order valence-corrected chi connectivity index (χ1v) is 7.60. The molecular weight excluding hydrogens is 394 g/mol. The number of benzene rings is 2. The molecular formula is C15H12Br2F2O. The third-order valence-electron chi connectivity index (χ3n) is 3.13. The molecule has 0 saturated carbocycles. The van der Waals surface area contributed by atoms with Crippen molar-refractivity contribution >= 4 is 31.9 Å². The van der Waals surface area contributed by atoms with Crippen LogP contribution in [0.25, 0.3) is 0 Å². The highest BCUT2D eigenvalue weighted by atomic mass is 79.9. The van der Waals surface area contributed by atoms with Gasteiger partial charge in [0.05, 0.1) is 11.1 Å². The van der Waals surface area contributed by atoms with E-state index in [1.807, 2.05) is 24.3 Å². The fourth-order valence-electron chi connectivity index (χ4n) is 2.05. The zero-order valence-corrected chi connectivity index (χ0v) is 13.6. The Morgan fingerprint density at radius 2 is 1.85 bits per heavy atom. The van der Waals surface area contributed by atoms with Crippen LogP contribution in [0.1, 0.15) is 17.0 Å². The summed E-state index contributed by atoms with van der Waals surface area (Å²) >= 11 is 6.40. The highest BCUT2D eigenvalue weighted by Gasteiger charge is 2.19. The van der Waals surface area contributed by atoms with Crippen molar-refractivity contribution in [1.29, 1.82) is 0 Å². The SMILES string of the molecule is OCC(Cc1c(F)ccc(Br)c1F)c1cccc(Br)c1. The van der Waals surface area contributed by atoms with Crippen LogP contribution in [0.5, 0.6) is 0 Å². The third-order valence-corrected chi connectivity index (χ3v) is 4.24. The molecule has 1 nitrogen and oxygen atoms in total. The lowest BCUT2D eigenvalue weighted by Crippen LogP contribution is -2.10. The van der Waals surface area contributed by atoms with Gasteiger partial charge in [-0.3, -0.25) is 0 Å². The van der Waals surface area contributed by atoms with E-state index in [0.717, 1.165) is 10.0 Å². The molecule has 0 amide bonds. The molecule has 0 spiro atoms. The summed E-state index contributed by atoms with van der Waals surface area (Å²) in [4.78, 5) is 0. The molecule has 1 atom stereocenters. The summed E-state index contributed by atoms with van der Waals surface area (Å²) in [5, 5.41) is 9.51. The van der Waals surface area contributed by atoms with Crippen molar-refractivity contribution in [3.8, 4) is 0 Å². The van der Waals surface area contributed by atoms with E-state index < -0.39 is 11.6 Å². The van der Waals surface area contributed by atoms with E-state index in [2.05, 4.69) is 31.9 Å². The van der Waals surface area contributed by atoms with Gasteiger partial charge in [0.15, 0.2) is 0 Å². The fraction of sp³-hybridized carbons (Fsp3) is 0.200. The van der Waals surface area contributed by atoms with Crippen molar-refractivity contribution < 1.29 is 13.9 Å². The summed E-state index contributed by atoms with van der Waals surface area (Å²) in [7, 11) is 0. The number of aliphatic hydroxyl groups is 1. The van der Waals surface area contributed by atoms with E-state index >= 15 is 0 Å². The van der Waals surface area contributed by atoms with Crippen LogP contribution in [-0.4, -0.2) is 11.7 Å². The van der Waals surface area contributed by atoms with Crippen LogP contribution in [0.3, 0.4) is 0 Å². The number of rotatable bonds is 4. The van der Waals surface area contributed by atoms with Crippen LogP contribution in [-0.2, 0) is 6.42 Å². The molecule has 0 fully saturated rings. The number of hydrogen-bond acceptors (Lipinski definition) is 1. The summed E-state index contributed by atoms with van der Waals surface area (Å²) in [6, 6.07) is 9.92. The van der Waals surface area contributed by atoms with Gasteiger partial charge in [-0.25, -0.2) is 8.78 Å². The van der Waals surface area contributed by atoms with E-state index in [1.165, 1.54) is 12.1 Å². The van der Waals surface area contributed by atoms with Gasteiger partial charge in [0.1, 0.15) is 11.6 Å². The van der Waals surface area contributed by atoms with Crippen molar-refractivity contribution in [2.24, 2.45) is 0 Å². The molecule has 0 bridgehead atoms. The maximum atomic E-state index is 14.0. The molecule has 0 aliphatic carbocycles. The van der Waals surface area contributed by atoms with Crippen molar-refractivity contribution in [3.63, 3.8) is 0 Å². The Hall–Kier alpha value is -0.780. The highest BCUT2D eigenvalue weighted by molar-refractivity contribution is 9.10. The van der Waals surface area contributed by atoms with Crippen molar-refractivity contribution in [2.45, 2.75) is 12.3 Å². The molecule has 2 aromatic carbocycles. The largest absolute Gasteiger partial charge is 0.396 e. The van der Waals surface area contributed by atoms with Crippen molar-refractivity contribution in [2.75, 3.05) is 6.61 Å². The lowest BCUT2D eigenvalue weighted by Gasteiger charge is -2.16. The average Bonchev–Trinajstić information content (AvgIpc) is 2.43. The minimum Gasteiger partial charge on any atom is -0.396 e. The third kappa shape index (κ3) is 3.45. The van der Waals surface area contributed by atoms with Gasteiger partial charge in [-0.2, -0.15) is 0 Å². The lowest BCUT2D eigenvalue weighted by molar-refractivity contribution is 0.262. The molecule has 0 radical (unpaired) electrons. The van der Waals surface area contributed by atoms with Gasteiger partial charge >= 0.3 is 0 Å². The smallest absolute Gasteiger partial charge is 0.143 e. The highest BCUT2D eigenvalue weighted by Crippen LogP contribution is 2.28. The normalized spacial score (nSPS) is 12.4. The molecule has 20 heavy (non-hydrogen) atoms. The first kappa shape index (κ1) is 15.6. The Labute approximate surface area is 132 Å². The second-order valence-electron chi connectivity index (χ2n) is 4.46. The average molecular weight is 406 g/mol. The minimum absolute atomic E-state index is 0.0154. The summed E-state index contributed by atoms with van der Waals surface area (Å²) in [5.41, 5.74) is 0.819. The standard InChI is InChI=1S/C15H12Br2F2O/c16-11-3-1-2-9(6-11)10(8-20)7-12-14(18)5-4-13(17)15(12)19/h1-6,10,20H,7-8H2. The molecule has 0 saturated heterocycles. The van der Waals surface area contributed by atoms with Gasteiger partial charge in [-0.1, -0.05) is 28.1 Å². The van der Waals surface area contributed by atoms with Gasteiger partial charge in [-0.15, -0.1) is 0 Å². The fourth-order valence-corrected chi connectivity index (χ4v) is 2.84. The maximum absolute atomic E-state index is 14.0. The van der Waals surface area contributed by atoms with Crippen LogP contribution >= 0.6 is 31.9 Å². The van der Waals surface area contributed by atoms with Gasteiger partial charge in [-0.05, 0) is 52.2 Å². The van der Waals surface area contributed by atoms with Crippen LogP contribution < -0.4 is 0 Å². The Bertz CT molecular complexity index is 617. The second kappa shape index (κ2) is 6.78. The van der Waals surface area contributed by atoms with Crippen LogP contribution in [0.15, 0.2) is 45.3 Å². The van der Waals surface area contributed by atoms with E-state index in [4.69, 9.17) is 0 Å². The summed E-state index contributed by atoms with van der Waals surface area (Å²) in [6.07, 6.45) is 0.101. The van der Waals surface area contributed by atoms with Crippen molar-refractivity contribution in [1.82, 2.24) is 0 Å². The van der Waals surface area contributed by atoms with Gasteiger partial charge in [0, 0.05) is 16.0 Å². The van der Waals surface area contributed by atoms with E-state index in [9.17, 15) is 13.9 Å². The Morgan fingerprint density at radius 3 is 2.50 bits per heavy atom. The predicted octanol–water partition coefficient (Wildman–Crippen LogP) is 4.81. The summed E-state index contributed by atoms with van der Waals surface area (Å²) in [6.45, 7) is -0.179. The molecule has 2 aromatic rings. The van der Waals surface area contributed by atoms with E-state index in [-0.39, 0.29) is 29.0 Å². The number of halogens is 4. The Kier molecular flexibility index (Phi) is 5.29. The Balaban J connectivity index is 2.34. The van der Waals surface area contributed by atoms with Crippen LogP contribution in [0, 0.1) is 11.6 Å². The monoisotopic (exact) mass is 404 g/mol. The lowest BCUT2D eigenvalue weighted by atomic mass is 9.92. The molecule has 106 valence electrons. The number of hydrogen-bond donors (Lipinski definition) is 1. The molecule has 0 aliphatic heterocycles. The topological polar surface area (TPSA) is 20.2 Å². The minimum atomic E-state index is -0.613. The van der Waals surface area contributed by atoms with Gasteiger partial charge in [0.25, 0.3) is 0 Å². The van der Waals surface area contributed by atoms with E-state index in [1.54, 1.807) is 0 Å². The van der Waals surface area contributed by atoms with Gasteiger partial charge in [0.2, 0.25) is 0 Å². The molecule has 0 aliphatic rings. The van der Waals surface area contributed by atoms with Gasteiger partial charge < -0.3 is 5.11 Å². The molecule has 1 unspecified atom stereocenters. The first-order valence-electron chi connectivity index (χ1n) is 6.01. The predicted molar refractivity (Wildman–Crippen MR) is 81.7 cm³/mol. The quantitative estimate of drug-likeness (QED) is 0.723. The summed E-state index contributed by atoms with van der Waals surface area (Å²) < 4.78 is 28.8. The van der Waals surface area contributed by atoms with Crippen LogP contribution in [0.4, 0.5) is 8.78 Å². The molecule has 5 heteroatoms. The zero-order valence-electron chi connectivity index (χ0n) is 10.4. The maximum Gasteiger partial charge on any atom is 0.143 e. The summed E-state index contributed by atoms with van der Waals surface area (Å²) in [5.74, 6) is -1.57. The zero-order chi connectivity index (χ0) is 14.7. The molecule has 1 N–H and O–H groups in total. The second-order valence-corrected chi connectivity index (χ2v) is 6.23. The number of aliphatic hydroxyl groups excluding tert-OH is 1. The first-order chi connectivity index (χ1) is 9.52. The van der Waals surface area contributed by atoms with E-state index in [0.29, 0.717) is 0 Å². The van der Waals surface area contributed by atoms with Crippen molar-refractivity contribution in [3.05, 3.63) is 68.1 Å². The molecule has 0 heterocycles.